The average Bonchev–Trinajstić information content (AvgIpc) is 2.50. The van der Waals surface area contributed by atoms with Crippen LogP contribution in [0.4, 0.5) is 0 Å². The number of pyridine rings is 1. The number of ether oxygens (including phenoxy) is 2. The highest BCUT2D eigenvalue weighted by molar-refractivity contribution is 6.30. The van der Waals surface area contributed by atoms with Gasteiger partial charge in [0, 0.05) is 35.5 Å². The SMILES string of the molecule is COc1cc(Cl)cc(CCN)c1OCCc1cccnc1. The molecule has 0 atom stereocenters. The molecule has 1 aromatic heterocycles. The number of halogens is 1. The summed E-state index contributed by atoms with van der Waals surface area (Å²) in [6.45, 7) is 1.07. The van der Waals surface area contributed by atoms with Crippen molar-refractivity contribution in [3.8, 4) is 11.5 Å². The molecule has 0 radical (unpaired) electrons. The highest BCUT2D eigenvalue weighted by Gasteiger charge is 2.12. The molecule has 0 saturated heterocycles. The number of nitrogens with two attached hydrogens (primary N) is 1. The number of methoxy groups -OCH3 is 1. The smallest absolute Gasteiger partial charge is 0.164 e. The van der Waals surface area contributed by atoms with E-state index in [1.807, 2.05) is 24.4 Å². The molecule has 0 aliphatic carbocycles. The summed E-state index contributed by atoms with van der Waals surface area (Å²) < 4.78 is 11.3. The molecule has 1 heterocycles. The number of hydrogen-bond donors (Lipinski definition) is 1. The Labute approximate surface area is 129 Å². The zero-order valence-electron chi connectivity index (χ0n) is 12.0. The van der Waals surface area contributed by atoms with Gasteiger partial charge in [-0.15, -0.1) is 0 Å². The van der Waals surface area contributed by atoms with Gasteiger partial charge in [0.05, 0.1) is 13.7 Å². The Morgan fingerprint density at radius 3 is 2.81 bits per heavy atom. The van der Waals surface area contributed by atoms with Crippen LogP contribution in [0, 0.1) is 0 Å². The summed E-state index contributed by atoms with van der Waals surface area (Å²) in [5.74, 6) is 1.35. The van der Waals surface area contributed by atoms with Crippen molar-refractivity contribution in [3.63, 3.8) is 0 Å². The second-order valence-electron chi connectivity index (χ2n) is 4.59. The molecule has 0 fully saturated rings. The summed E-state index contributed by atoms with van der Waals surface area (Å²) in [6.07, 6.45) is 5.07. The zero-order chi connectivity index (χ0) is 15.1. The van der Waals surface area contributed by atoms with Gasteiger partial charge in [-0.1, -0.05) is 17.7 Å². The molecule has 0 unspecified atom stereocenters. The third-order valence-corrected chi connectivity index (χ3v) is 3.31. The van der Waals surface area contributed by atoms with Crippen molar-refractivity contribution in [2.75, 3.05) is 20.3 Å². The maximum absolute atomic E-state index is 6.08. The first-order chi connectivity index (χ1) is 10.2. The predicted octanol–water partition coefficient (Wildman–Crippen LogP) is 2.87. The molecule has 4 nitrogen and oxygen atoms in total. The Kier molecular flexibility index (Phi) is 5.84. The van der Waals surface area contributed by atoms with E-state index in [-0.39, 0.29) is 0 Å². The molecule has 2 N–H and O–H groups in total. The van der Waals surface area contributed by atoms with Crippen molar-refractivity contribution in [1.82, 2.24) is 4.98 Å². The van der Waals surface area contributed by atoms with Crippen LogP contribution < -0.4 is 15.2 Å². The van der Waals surface area contributed by atoms with Crippen LogP contribution in [0.1, 0.15) is 11.1 Å². The van der Waals surface area contributed by atoms with E-state index in [0.717, 1.165) is 23.3 Å². The average molecular weight is 307 g/mol. The first-order valence-electron chi connectivity index (χ1n) is 6.82. The fourth-order valence-electron chi connectivity index (χ4n) is 2.10. The van der Waals surface area contributed by atoms with Gasteiger partial charge >= 0.3 is 0 Å². The van der Waals surface area contributed by atoms with Crippen molar-refractivity contribution in [2.45, 2.75) is 12.8 Å². The van der Waals surface area contributed by atoms with Crippen molar-refractivity contribution < 1.29 is 9.47 Å². The summed E-state index contributed by atoms with van der Waals surface area (Å²) >= 11 is 6.08. The molecule has 0 saturated carbocycles. The van der Waals surface area contributed by atoms with Crippen LogP contribution in [0.2, 0.25) is 5.02 Å². The fraction of sp³-hybridized carbons (Fsp3) is 0.312. The predicted molar refractivity (Wildman–Crippen MR) is 84.2 cm³/mol. The van der Waals surface area contributed by atoms with E-state index in [0.29, 0.717) is 30.3 Å². The second-order valence-corrected chi connectivity index (χ2v) is 5.03. The number of aromatic nitrogens is 1. The summed E-state index contributed by atoms with van der Waals surface area (Å²) in [6, 6.07) is 7.56. The highest BCUT2D eigenvalue weighted by atomic mass is 35.5. The van der Waals surface area contributed by atoms with E-state index < -0.39 is 0 Å². The summed E-state index contributed by atoms with van der Waals surface area (Å²) in [5, 5.41) is 0.620. The van der Waals surface area contributed by atoms with Gasteiger partial charge in [0.15, 0.2) is 11.5 Å². The lowest BCUT2D eigenvalue weighted by Crippen LogP contribution is -2.08. The Balaban J connectivity index is 2.10. The number of nitrogens with zero attached hydrogens (tertiary/aromatic N) is 1. The molecule has 2 aromatic rings. The van der Waals surface area contributed by atoms with Crippen LogP contribution >= 0.6 is 11.6 Å². The van der Waals surface area contributed by atoms with Crippen LogP contribution in [0.3, 0.4) is 0 Å². The molecule has 21 heavy (non-hydrogen) atoms. The van der Waals surface area contributed by atoms with Gasteiger partial charge in [0.2, 0.25) is 0 Å². The Bertz CT molecular complexity index is 576. The molecular weight excluding hydrogens is 288 g/mol. The van der Waals surface area contributed by atoms with E-state index in [1.165, 1.54) is 0 Å². The number of rotatable bonds is 7. The summed E-state index contributed by atoms with van der Waals surface area (Å²) in [4.78, 5) is 4.09. The third-order valence-electron chi connectivity index (χ3n) is 3.09. The number of hydrogen-bond acceptors (Lipinski definition) is 4. The minimum absolute atomic E-state index is 0.530. The molecule has 0 amide bonds. The highest BCUT2D eigenvalue weighted by Crippen LogP contribution is 2.35. The number of benzene rings is 1. The van der Waals surface area contributed by atoms with Crippen molar-refractivity contribution >= 4 is 11.6 Å². The second kappa shape index (κ2) is 7.86. The van der Waals surface area contributed by atoms with Crippen molar-refractivity contribution in [1.29, 1.82) is 0 Å². The topological polar surface area (TPSA) is 57.4 Å². The molecule has 5 heteroatoms. The zero-order valence-corrected chi connectivity index (χ0v) is 12.8. The van der Waals surface area contributed by atoms with Gasteiger partial charge in [-0.2, -0.15) is 0 Å². The Morgan fingerprint density at radius 1 is 1.29 bits per heavy atom. The minimum Gasteiger partial charge on any atom is -0.493 e. The van der Waals surface area contributed by atoms with Crippen LogP contribution in [0.25, 0.3) is 0 Å². The summed E-state index contributed by atoms with van der Waals surface area (Å²) in [5.41, 5.74) is 7.74. The first kappa shape index (κ1) is 15.6. The van der Waals surface area contributed by atoms with Crippen molar-refractivity contribution in [2.24, 2.45) is 5.73 Å². The van der Waals surface area contributed by atoms with Crippen LogP contribution in [0.15, 0.2) is 36.7 Å². The molecular formula is C16H19ClN2O2. The molecule has 0 aliphatic rings. The van der Waals surface area contributed by atoms with E-state index in [9.17, 15) is 0 Å². The van der Waals surface area contributed by atoms with Crippen LogP contribution in [-0.2, 0) is 12.8 Å². The van der Waals surface area contributed by atoms with Gasteiger partial charge in [-0.25, -0.2) is 0 Å². The van der Waals surface area contributed by atoms with Crippen LogP contribution in [0.5, 0.6) is 11.5 Å². The molecule has 0 aliphatic heterocycles. The fourth-order valence-corrected chi connectivity index (χ4v) is 2.33. The lowest BCUT2D eigenvalue weighted by molar-refractivity contribution is 0.294. The van der Waals surface area contributed by atoms with E-state index in [1.54, 1.807) is 19.4 Å². The Morgan fingerprint density at radius 2 is 2.14 bits per heavy atom. The van der Waals surface area contributed by atoms with Gasteiger partial charge < -0.3 is 15.2 Å². The van der Waals surface area contributed by atoms with Gasteiger partial charge in [-0.3, -0.25) is 4.98 Å². The van der Waals surface area contributed by atoms with E-state index >= 15 is 0 Å². The maximum Gasteiger partial charge on any atom is 0.164 e. The molecule has 2 rings (SSSR count). The van der Waals surface area contributed by atoms with Gasteiger partial charge in [0.25, 0.3) is 0 Å². The molecule has 112 valence electrons. The molecule has 1 aromatic carbocycles. The van der Waals surface area contributed by atoms with Gasteiger partial charge in [0.1, 0.15) is 0 Å². The van der Waals surface area contributed by atoms with E-state index in [4.69, 9.17) is 26.8 Å². The monoisotopic (exact) mass is 306 g/mol. The largest absolute Gasteiger partial charge is 0.493 e. The molecule has 0 bridgehead atoms. The van der Waals surface area contributed by atoms with Crippen molar-refractivity contribution in [3.05, 3.63) is 52.8 Å². The standard InChI is InChI=1S/C16H19ClN2O2/c1-20-15-10-14(17)9-13(4-6-18)16(15)21-8-5-12-3-2-7-19-11-12/h2-3,7,9-11H,4-6,8,18H2,1H3. The normalized spacial score (nSPS) is 10.4. The lowest BCUT2D eigenvalue weighted by atomic mass is 10.1. The quantitative estimate of drug-likeness (QED) is 0.854. The van der Waals surface area contributed by atoms with Crippen LogP contribution in [-0.4, -0.2) is 25.2 Å². The maximum atomic E-state index is 6.08. The van der Waals surface area contributed by atoms with Gasteiger partial charge in [-0.05, 0) is 30.7 Å². The summed E-state index contributed by atoms with van der Waals surface area (Å²) in [7, 11) is 1.60. The lowest BCUT2D eigenvalue weighted by Gasteiger charge is -2.15. The molecule has 0 spiro atoms. The van der Waals surface area contributed by atoms with E-state index in [2.05, 4.69) is 4.98 Å². The first-order valence-corrected chi connectivity index (χ1v) is 7.20. The third kappa shape index (κ3) is 4.34. The Hall–Kier alpha value is -1.78. The minimum atomic E-state index is 0.530.